The number of carbonyl (C=O) groups is 1. The molecule has 3 rings (SSSR count). The van der Waals surface area contributed by atoms with Crippen molar-refractivity contribution in [2.75, 3.05) is 43.1 Å². The molecule has 0 aromatic heterocycles. The highest BCUT2D eigenvalue weighted by Crippen LogP contribution is 2.27. The first-order valence-corrected chi connectivity index (χ1v) is 9.21. The monoisotopic (exact) mass is 354 g/mol. The highest BCUT2D eigenvalue weighted by Gasteiger charge is 2.21. The van der Waals surface area contributed by atoms with Gasteiger partial charge in [0.1, 0.15) is 12.4 Å². The molecule has 2 aromatic rings. The maximum absolute atomic E-state index is 12.7. The minimum absolute atomic E-state index is 0.0706. The molecule has 1 amide bonds. The second-order valence-corrected chi connectivity index (χ2v) is 6.17. The summed E-state index contributed by atoms with van der Waals surface area (Å²) >= 11 is 0. The number of nitrogens with zero attached hydrogens (tertiary/aromatic N) is 1. The number of aryl methyl sites for hydroxylation is 1. The van der Waals surface area contributed by atoms with Crippen LogP contribution in [0, 0.1) is 0 Å². The molecule has 0 aliphatic carbocycles. The smallest absolute Gasteiger partial charge is 0.246 e. The molecule has 1 N–H and O–H groups in total. The third-order valence-electron chi connectivity index (χ3n) is 4.42. The highest BCUT2D eigenvalue weighted by molar-refractivity contribution is 5.97. The van der Waals surface area contributed by atoms with Gasteiger partial charge in [-0.15, -0.1) is 0 Å². The first-order chi connectivity index (χ1) is 12.8. The molecule has 0 spiro atoms. The molecule has 0 saturated heterocycles. The van der Waals surface area contributed by atoms with E-state index in [0.29, 0.717) is 19.8 Å². The van der Waals surface area contributed by atoms with Gasteiger partial charge in [-0.3, -0.25) is 4.79 Å². The Morgan fingerprint density at radius 3 is 2.81 bits per heavy atom. The lowest BCUT2D eigenvalue weighted by molar-refractivity contribution is -0.117. The normalized spacial score (nSPS) is 13.2. The van der Waals surface area contributed by atoms with E-state index in [-0.39, 0.29) is 12.5 Å². The van der Waals surface area contributed by atoms with E-state index in [1.165, 1.54) is 5.56 Å². The first kappa shape index (κ1) is 18.3. The molecular weight excluding hydrogens is 328 g/mol. The van der Waals surface area contributed by atoms with Gasteiger partial charge in [-0.1, -0.05) is 30.3 Å². The van der Waals surface area contributed by atoms with Crippen LogP contribution in [0.2, 0.25) is 0 Å². The summed E-state index contributed by atoms with van der Waals surface area (Å²) in [4.78, 5) is 14.6. The van der Waals surface area contributed by atoms with E-state index >= 15 is 0 Å². The number of nitrogens with one attached hydrogen (secondary N) is 1. The fourth-order valence-electron chi connectivity index (χ4n) is 3.15. The topological polar surface area (TPSA) is 50.8 Å². The Hall–Kier alpha value is -2.53. The number of fused-ring (bicyclic) bond motifs is 1. The maximum Gasteiger partial charge on any atom is 0.246 e. The van der Waals surface area contributed by atoms with E-state index in [1.54, 1.807) is 0 Å². The molecule has 138 valence electrons. The summed E-state index contributed by atoms with van der Waals surface area (Å²) in [5.41, 5.74) is 3.10. The van der Waals surface area contributed by atoms with E-state index in [1.807, 2.05) is 54.3 Å². The Balaban J connectivity index is 1.60. The van der Waals surface area contributed by atoms with Crippen LogP contribution >= 0.6 is 0 Å². The Morgan fingerprint density at radius 2 is 1.92 bits per heavy atom. The predicted molar refractivity (Wildman–Crippen MR) is 104 cm³/mol. The molecule has 0 radical (unpaired) electrons. The number of para-hydroxylation sites is 3. The number of rotatable bonds is 8. The second kappa shape index (κ2) is 9.25. The summed E-state index contributed by atoms with van der Waals surface area (Å²) < 4.78 is 11.1. The van der Waals surface area contributed by atoms with Gasteiger partial charge in [0.2, 0.25) is 5.91 Å². The summed E-state index contributed by atoms with van der Waals surface area (Å²) in [6.07, 6.45) is 2.03. The Kier molecular flexibility index (Phi) is 6.50. The lowest BCUT2D eigenvalue weighted by Gasteiger charge is -2.29. The van der Waals surface area contributed by atoms with Gasteiger partial charge >= 0.3 is 0 Å². The van der Waals surface area contributed by atoms with Crippen LogP contribution in [-0.4, -0.2) is 38.8 Å². The van der Waals surface area contributed by atoms with E-state index < -0.39 is 0 Å². The zero-order valence-electron chi connectivity index (χ0n) is 15.2. The number of benzene rings is 2. The van der Waals surface area contributed by atoms with Gasteiger partial charge in [0, 0.05) is 18.8 Å². The van der Waals surface area contributed by atoms with Gasteiger partial charge in [-0.2, -0.15) is 0 Å². The van der Waals surface area contributed by atoms with Gasteiger partial charge in [0.15, 0.2) is 0 Å². The van der Waals surface area contributed by atoms with Gasteiger partial charge < -0.3 is 19.7 Å². The largest absolute Gasteiger partial charge is 0.489 e. The zero-order chi connectivity index (χ0) is 18.2. The molecule has 0 saturated carbocycles. The summed E-state index contributed by atoms with van der Waals surface area (Å²) in [5.74, 6) is 0.806. The Morgan fingerprint density at radius 1 is 1.12 bits per heavy atom. The quantitative estimate of drug-likeness (QED) is 0.737. The van der Waals surface area contributed by atoms with Crippen LogP contribution in [0.4, 0.5) is 11.4 Å². The standard InChI is InChI=1S/C21H26N2O3/c1-2-25-14-15-26-20-12-6-4-10-18(20)22-16-21(24)23-13-7-9-17-8-3-5-11-19(17)23/h3-6,8,10-12,22H,2,7,9,13-16H2,1H3. The average Bonchev–Trinajstić information content (AvgIpc) is 2.69. The molecule has 5 heteroatoms. The lowest BCUT2D eigenvalue weighted by atomic mass is 10.0. The molecular formula is C21H26N2O3. The molecule has 5 nitrogen and oxygen atoms in total. The molecule has 2 aromatic carbocycles. The third-order valence-corrected chi connectivity index (χ3v) is 4.42. The Bertz CT molecular complexity index is 733. The van der Waals surface area contributed by atoms with E-state index in [2.05, 4.69) is 11.4 Å². The Labute approximate surface area is 154 Å². The van der Waals surface area contributed by atoms with E-state index in [9.17, 15) is 4.79 Å². The molecule has 26 heavy (non-hydrogen) atoms. The van der Waals surface area contributed by atoms with Gasteiger partial charge in [-0.05, 0) is 43.5 Å². The van der Waals surface area contributed by atoms with Crippen molar-refractivity contribution in [3.8, 4) is 5.75 Å². The zero-order valence-corrected chi connectivity index (χ0v) is 15.2. The van der Waals surface area contributed by atoms with Crippen LogP contribution in [0.1, 0.15) is 18.9 Å². The van der Waals surface area contributed by atoms with Crippen LogP contribution in [-0.2, 0) is 16.0 Å². The van der Waals surface area contributed by atoms with Gasteiger partial charge in [-0.25, -0.2) is 0 Å². The minimum atomic E-state index is 0.0706. The maximum atomic E-state index is 12.7. The lowest BCUT2D eigenvalue weighted by Crippen LogP contribution is -2.39. The first-order valence-electron chi connectivity index (χ1n) is 9.21. The summed E-state index contributed by atoms with van der Waals surface area (Å²) in [5, 5.41) is 3.23. The van der Waals surface area contributed by atoms with E-state index in [4.69, 9.17) is 9.47 Å². The fraction of sp³-hybridized carbons (Fsp3) is 0.381. The number of carbonyl (C=O) groups excluding carboxylic acids is 1. The number of hydrogen-bond donors (Lipinski definition) is 1. The van der Waals surface area contributed by atoms with E-state index in [0.717, 1.165) is 36.5 Å². The summed E-state index contributed by atoms with van der Waals surface area (Å²) in [6, 6.07) is 15.8. The van der Waals surface area contributed by atoms with Crippen molar-refractivity contribution in [1.82, 2.24) is 0 Å². The van der Waals surface area contributed by atoms with Crippen molar-refractivity contribution in [2.24, 2.45) is 0 Å². The average molecular weight is 354 g/mol. The van der Waals surface area contributed by atoms with Crippen LogP contribution in [0.3, 0.4) is 0 Å². The number of anilines is 2. The highest BCUT2D eigenvalue weighted by atomic mass is 16.5. The number of ether oxygens (including phenoxy) is 2. The summed E-state index contributed by atoms with van der Waals surface area (Å²) in [6.45, 7) is 4.67. The van der Waals surface area contributed by atoms with Crippen molar-refractivity contribution in [3.05, 3.63) is 54.1 Å². The van der Waals surface area contributed by atoms with Gasteiger partial charge in [0.25, 0.3) is 0 Å². The van der Waals surface area contributed by atoms with Crippen molar-refractivity contribution in [1.29, 1.82) is 0 Å². The second-order valence-electron chi connectivity index (χ2n) is 6.17. The predicted octanol–water partition coefficient (Wildman–Crippen LogP) is 3.49. The molecule has 1 aliphatic rings. The molecule has 1 heterocycles. The van der Waals surface area contributed by atoms with Crippen molar-refractivity contribution in [2.45, 2.75) is 19.8 Å². The van der Waals surface area contributed by atoms with Crippen molar-refractivity contribution in [3.63, 3.8) is 0 Å². The van der Waals surface area contributed by atoms with Crippen LogP contribution in [0.25, 0.3) is 0 Å². The fourth-order valence-corrected chi connectivity index (χ4v) is 3.15. The van der Waals surface area contributed by atoms with Crippen molar-refractivity contribution >= 4 is 17.3 Å². The third kappa shape index (κ3) is 4.55. The number of hydrogen-bond acceptors (Lipinski definition) is 4. The van der Waals surface area contributed by atoms with Gasteiger partial charge in [0.05, 0.1) is 18.8 Å². The molecule has 1 aliphatic heterocycles. The molecule has 0 bridgehead atoms. The SMILES string of the molecule is CCOCCOc1ccccc1NCC(=O)N1CCCc2ccccc21. The minimum Gasteiger partial charge on any atom is -0.489 e. The van der Waals surface area contributed by atoms with Crippen molar-refractivity contribution < 1.29 is 14.3 Å². The van der Waals surface area contributed by atoms with Crippen LogP contribution in [0.5, 0.6) is 5.75 Å². The molecule has 0 atom stereocenters. The van der Waals surface area contributed by atoms with Crippen LogP contribution < -0.4 is 15.0 Å². The summed E-state index contributed by atoms with van der Waals surface area (Å²) in [7, 11) is 0. The molecule has 0 fully saturated rings. The molecule has 0 unspecified atom stereocenters. The van der Waals surface area contributed by atoms with Crippen LogP contribution in [0.15, 0.2) is 48.5 Å². The number of amides is 1.